The second-order valence-electron chi connectivity index (χ2n) is 5.40. The highest BCUT2D eigenvalue weighted by atomic mass is 16.6. The smallest absolute Gasteiger partial charge is 0.273 e. The fraction of sp³-hybridized carbons (Fsp3) is 0.500. The van der Waals surface area contributed by atoms with Crippen LogP contribution in [0.15, 0.2) is 23.8 Å². The Morgan fingerprint density at radius 2 is 2.05 bits per heavy atom. The average Bonchev–Trinajstić information content (AvgIpc) is 2.38. The minimum atomic E-state index is -0.296. The third-order valence-electron chi connectivity index (χ3n) is 3.46. The molecule has 4 nitrogen and oxygen atoms in total. The van der Waals surface area contributed by atoms with Gasteiger partial charge in [0.05, 0.1) is 4.92 Å². The lowest BCUT2D eigenvalue weighted by molar-refractivity contribution is -0.385. The van der Waals surface area contributed by atoms with E-state index in [0.717, 1.165) is 17.7 Å². The van der Waals surface area contributed by atoms with Crippen molar-refractivity contribution in [2.24, 2.45) is 0 Å². The maximum Gasteiger partial charge on any atom is 0.273 e. The van der Waals surface area contributed by atoms with Crippen molar-refractivity contribution in [3.05, 3.63) is 45.0 Å². The molecule has 0 saturated heterocycles. The van der Waals surface area contributed by atoms with Crippen LogP contribution in [0.25, 0.3) is 6.08 Å². The predicted molar refractivity (Wildman–Crippen MR) is 84.0 cm³/mol. The van der Waals surface area contributed by atoms with Gasteiger partial charge in [-0.05, 0) is 31.9 Å². The predicted octanol–water partition coefficient (Wildman–Crippen LogP) is 4.12. The van der Waals surface area contributed by atoms with Crippen LogP contribution in [0.3, 0.4) is 0 Å². The quantitative estimate of drug-likeness (QED) is 0.628. The van der Waals surface area contributed by atoms with Crippen molar-refractivity contribution in [1.82, 2.24) is 5.32 Å². The Hall–Kier alpha value is -1.68. The number of hydrogen-bond donors (Lipinski definition) is 1. The molecule has 1 atom stereocenters. The van der Waals surface area contributed by atoms with Gasteiger partial charge in [-0.1, -0.05) is 44.6 Å². The van der Waals surface area contributed by atoms with E-state index in [2.05, 4.69) is 19.2 Å². The first-order valence-electron chi connectivity index (χ1n) is 7.06. The summed E-state index contributed by atoms with van der Waals surface area (Å²) in [7, 11) is 0. The van der Waals surface area contributed by atoms with Gasteiger partial charge in [-0.25, -0.2) is 0 Å². The maximum atomic E-state index is 11.2. The van der Waals surface area contributed by atoms with Crippen LogP contribution in [0.5, 0.6) is 0 Å². The molecule has 0 aliphatic rings. The molecule has 0 bridgehead atoms. The van der Waals surface area contributed by atoms with E-state index >= 15 is 0 Å². The summed E-state index contributed by atoms with van der Waals surface area (Å²) in [5.41, 5.74) is 3.03. The molecule has 0 saturated carbocycles. The minimum Gasteiger partial charge on any atom is -0.311 e. The first-order valence-corrected chi connectivity index (χ1v) is 7.06. The lowest BCUT2D eigenvalue weighted by Gasteiger charge is -2.13. The average molecular weight is 276 g/mol. The molecule has 1 unspecified atom stereocenters. The molecular weight excluding hydrogens is 252 g/mol. The molecule has 1 aromatic rings. The standard InChI is InChI=1S/C16H24N2O2/c1-6-17-13(5)12(4)9-14-7-8-15(11(2)3)16(10-14)18(19)20/h7-11,13,17H,6H2,1-5H3/b12-9+. The van der Waals surface area contributed by atoms with Crippen molar-refractivity contribution < 1.29 is 4.92 Å². The van der Waals surface area contributed by atoms with Gasteiger partial charge in [0.1, 0.15) is 0 Å². The number of nitrogens with one attached hydrogen (secondary N) is 1. The van der Waals surface area contributed by atoms with Gasteiger partial charge in [0.2, 0.25) is 0 Å². The second kappa shape index (κ2) is 7.20. The zero-order chi connectivity index (χ0) is 15.3. The van der Waals surface area contributed by atoms with Gasteiger partial charge in [-0.15, -0.1) is 0 Å². The Morgan fingerprint density at radius 3 is 2.55 bits per heavy atom. The van der Waals surface area contributed by atoms with Gasteiger partial charge in [0.15, 0.2) is 0 Å². The summed E-state index contributed by atoms with van der Waals surface area (Å²) >= 11 is 0. The van der Waals surface area contributed by atoms with Gasteiger partial charge in [-0.2, -0.15) is 0 Å². The van der Waals surface area contributed by atoms with Crippen LogP contribution in [0, 0.1) is 10.1 Å². The molecule has 0 amide bonds. The van der Waals surface area contributed by atoms with Gasteiger partial charge in [-0.3, -0.25) is 10.1 Å². The first kappa shape index (κ1) is 16.4. The van der Waals surface area contributed by atoms with Crippen LogP contribution in [0.1, 0.15) is 51.7 Å². The molecule has 0 aromatic heterocycles. The number of nitro groups is 1. The Bertz CT molecular complexity index is 507. The van der Waals surface area contributed by atoms with E-state index in [1.807, 2.05) is 39.0 Å². The largest absolute Gasteiger partial charge is 0.311 e. The summed E-state index contributed by atoms with van der Waals surface area (Å²) < 4.78 is 0. The van der Waals surface area contributed by atoms with Gasteiger partial charge >= 0.3 is 0 Å². The third-order valence-corrected chi connectivity index (χ3v) is 3.46. The Morgan fingerprint density at radius 1 is 1.40 bits per heavy atom. The molecule has 1 N–H and O–H groups in total. The van der Waals surface area contributed by atoms with E-state index in [4.69, 9.17) is 0 Å². The fourth-order valence-corrected chi connectivity index (χ4v) is 2.15. The molecule has 20 heavy (non-hydrogen) atoms. The number of likely N-dealkylation sites (N-methyl/N-ethyl adjacent to an activating group) is 1. The molecular formula is C16H24N2O2. The first-order chi connectivity index (χ1) is 9.36. The molecule has 0 radical (unpaired) electrons. The minimum absolute atomic E-state index is 0.148. The van der Waals surface area contributed by atoms with Gasteiger partial charge < -0.3 is 5.32 Å². The van der Waals surface area contributed by atoms with Crippen LogP contribution in [0.4, 0.5) is 5.69 Å². The zero-order valence-electron chi connectivity index (χ0n) is 12.9. The zero-order valence-corrected chi connectivity index (χ0v) is 12.9. The summed E-state index contributed by atoms with van der Waals surface area (Å²) in [6.07, 6.45) is 2.00. The van der Waals surface area contributed by atoms with Crippen LogP contribution >= 0.6 is 0 Å². The molecule has 0 spiro atoms. The summed E-state index contributed by atoms with van der Waals surface area (Å²) in [6.45, 7) is 11.0. The van der Waals surface area contributed by atoms with Crippen molar-refractivity contribution in [1.29, 1.82) is 0 Å². The van der Waals surface area contributed by atoms with Gasteiger partial charge in [0, 0.05) is 17.7 Å². The summed E-state index contributed by atoms with van der Waals surface area (Å²) in [5.74, 6) is 0.148. The molecule has 110 valence electrons. The highest BCUT2D eigenvalue weighted by molar-refractivity contribution is 5.59. The van der Waals surface area contributed by atoms with E-state index in [1.165, 1.54) is 5.57 Å². The summed E-state index contributed by atoms with van der Waals surface area (Å²) in [6, 6.07) is 5.74. The highest BCUT2D eigenvalue weighted by Gasteiger charge is 2.16. The molecule has 4 heteroatoms. The Kier molecular flexibility index (Phi) is 5.89. The lowest BCUT2D eigenvalue weighted by atomic mass is 9.98. The van der Waals surface area contributed by atoms with E-state index in [0.29, 0.717) is 0 Å². The van der Waals surface area contributed by atoms with Crippen molar-refractivity contribution in [2.75, 3.05) is 6.54 Å². The number of rotatable bonds is 6. The molecule has 0 fully saturated rings. The molecule has 1 rings (SSSR count). The van der Waals surface area contributed by atoms with E-state index in [9.17, 15) is 10.1 Å². The van der Waals surface area contributed by atoms with Crippen LogP contribution in [-0.2, 0) is 0 Å². The summed E-state index contributed by atoms with van der Waals surface area (Å²) in [5, 5.41) is 14.5. The Balaban J connectivity index is 3.12. The third kappa shape index (κ3) is 4.17. The lowest BCUT2D eigenvalue weighted by Crippen LogP contribution is -2.26. The van der Waals surface area contributed by atoms with Crippen LogP contribution in [-0.4, -0.2) is 17.5 Å². The molecule has 0 aliphatic carbocycles. The SMILES string of the molecule is CCNC(C)/C(C)=C/c1ccc(C(C)C)c([N+](=O)[O-])c1. The summed E-state index contributed by atoms with van der Waals surface area (Å²) in [4.78, 5) is 10.9. The second-order valence-corrected chi connectivity index (χ2v) is 5.40. The maximum absolute atomic E-state index is 11.2. The Labute approximate surface area is 121 Å². The van der Waals surface area contributed by atoms with Crippen molar-refractivity contribution >= 4 is 11.8 Å². The normalized spacial score (nSPS) is 13.6. The monoisotopic (exact) mass is 276 g/mol. The fourth-order valence-electron chi connectivity index (χ4n) is 2.15. The number of benzene rings is 1. The van der Waals surface area contributed by atoms with E-state index in [1.54, 1.807) is 6.07 Å². The van der Waals surface area contributed by atoms with E-state index < -0.39 is 0 Å². The highest BCUT2D eigenvalue weighted by Crippen LogP contribution is 2.28. The van der Waals surface area contributed by atoms with Gasteiger partial charge in [0.25, 0.3) is 5.69 Å². The van der Waals surface area contributed by atoms with Crippen molar-refractivity contribution in [2.45, 2.75) is 46.6 Å². The van der Waals surface area contributed by atoms with Crippen molar-refractivity contribution in [3.63, 3.8) is 0 Å². The topological polar surface area (TPSA) is 55.2 Å². The number of nitro benzene ring substituents is 1. The number of hydrogen-bond acceptors (Lipinski definition) is 3. The molecule has 0 heterocycles. The van der Waals surface area contributed by atoms with Crippen molar-refractivity contribution in [3.8, 4) is 0 Å². The van der Waals surface area contributed by atoms with Crippen LogP contribution in [0.2, 0.25) is 0 Å². The van der Waals surface area contributed by atoms with E-state index in [-0.39, 0.29) is 22.6 Å². The van der Waals surface area contributed by atoms with Crippen LogP contribution < -0.4 is 5.32 Å². The molecule has 1 aromatic carbocycles. The number of nitrogens with zero attached hydrogens (tertiary/aromatic N) is 1. The molecule has 0 aliphatic heterocycles.